The number of rotatable bonds is 15. The minimum Gasteiger partial charge on any atom is -0.390 e. The highest BCUT2D eigenvalue weighted by molar-refractivity contribution is 5.99. The molecule has 0 aromatic heterocycles. The van der Waals surface area contributed by atoms with Crippen molar-refractivity contribution in [1.29, 1.82) is 0 Å². The van der Waals surface area contributed by atoms with E-state index in [0.29, 0.717) is 6.42 Å². The summed E-state index contributed by atoms with van der Waals surface area (Å²) in [5.74, 6) is -9.87. The molecular formula is C61H109N11O12. The molecule has 1 fully saturated rings. The SMILES string of the molecule is C/C=C/C[C@@H](C)[C@@H](O)[C@H]1C(=O)N[C@@H](CC)C(=O)N(C)CC(=O)N(C)[C@@H](CC(C)C)C(=O)N[C@@H](C(C)C)C(=O)N(C)[C@@H](CC(C)C)C(=O)N[C@@H](C)C(=O)N[C@H](C)C(=O)N(C)[C@@H](CC(C)C)C(=O)N(C)[C@@H](CC(C)C)C(=O)N[C@@H](C(C)C)C(=O)N1C. The van der Waals surface area contributed by atoms with Crippen molar-refractivity contribution in [2.24, 2.45) is 41.4 Å². The van der Waals surface area contributed by atoms with E-state index in [0.717, 1.165) is 9.80 Å². The topological polar surface area (TPSA) is 288 Å². The number of allylic oxidation sites excluding steroid dienone is 2. The van der Waals surface area contributed by atoms with Crippen LogP contribution in [-0.2, 0) is 52.7 Å². The van der Waals surface area contributed by atoms with Gasteiger partial charge in [-0.25, -0.2) is 0 Å². The van der Waals surface area contributed by atoms with Gasteiger partial charge in [0.1, 0.15) is 60.4 Å². The monoisotopic (exact) mass is 1190 g/mol. The van der Waals surface area contributed by atoms with Gasteiger partial charge in [-0.2, -0.15) is 0 Å². The van der Waals surface area contributed by atoms with Crippen LogP contribution in [-0.4, -0.2) is 215 Å². The van der Waals surface area contributed by atoms with E-state index < -0.39 is 156 Å². The van der Waals surface area contributed by atoms with Crippen molar-refractivity contribution in [2.45, 2.75) is 223 Å². The molecule has 12 atom stereocenters. The second-order valence-electron chi connectivity index (χ2n) is 25.7. The van der Waals surface area contributed by atoms with Crippen molar-refractivity contribution >= 4 is 65.0 Å². The standard InChI is InChI=1S/C61H109N11O12/c1-24-26-27-39(15)51(74)50-56(79)64-42(25-2)58(81)67(18)32-47(73)68(19)43(28-33(3)4)54(77)65-48(37(11)12)60(83)70(21)44(29-34(5)6)53(76)62-40(16)52(75)63-41(17)57(80)71(22)46(31-36(9)10)59(82)69(20)45(30-35(7)8)55(78)66-49(38(13)14)61(84)72(50)23/h24,26,33-46,48-51,74H,25,27-32H2,1-23H3,(H,62,76)(H,63,75)(H,64,79)(H,65,77)(H,66,78)/b26-24+/t39-,40+,41-,42+,43+,44+,45+,46+,48+,49+,50+,51-/m1/s1. The molecule has 0 bridgehead atoms. The molecule has 0 unspecified atom stereocenters. The lowest BCUT2D eigenvalue weighted by molar-refractivity contribution is -0.151. The minimum atomic E-state index is -1.61. The molecule has 1 rings (SSSR count). The summed E-state index contributed by atoms with van der Waals surface area (Å²) in [6, 6.07) is -12.4. The molecule has 11 amide bonds. The smallest absolute Gasteiger partial charge is 0.246 e. The van der Waals surface area contributed by atoms with E-state index >= 15 is 0 Å². The molecule has 23 heteroatoms. The zero-order valence-corrected chi connectivity index (χ0v) is 55.1. The molecule has 480 valence electrons. The highest BCUT2D eigenvalue weighted by Gasteiger charge is 2.44. The van der Waals surface area contributed by atoms with Gasteiger partial charge in [0.2, 0.25) is 65.0 Å². The molecule has 6 N–H and O–H groups in total. The van der Waals surface area contributed by atoms with Crippen LogP contribution in [0.1, 0.15) is 156 Å². The Hall–Kier alpha value is -6.13. The van der Waals surface area contributed by atoms with Gasteiger partial charge in [0.15, 0.2) is 0 Å². The van der Waals surface area contributed by atoms with Crippen LogP contribution in [0.4, 0.5) is 0 Å². The van der Waals surface area contributed by atoms with E-state index in [1.807, 2.05) is 55.4 Å². The van der Waals surface area contributed by atoms with Gasteiger partial charge >= 0.3 is 0 Å². The summed E-state index contributed by atoms with van der Waals surface area (Å²) in [5.41, 5.74) is 0. The molecule has 0 aromatic carbocycles. The largest absolute Gasteiger partial charge is 0.390 e. The molecular weight excluding hydrogens is 1080 g/mol. The summed E-state index contributed by atoms with van der Waals surface area (Å²) in [6.07, 6.45) is 3.01. The molecule has 1 aliphatic rings. The maximum Gasteiger partial charge on any atom is 0.246 e. The Kier molecular flexibility index (Phi) is 31.4. The van der Waals surface area contributed by atoms with E-state index in [1.165, 1.54) is 75.7 Å². The van der Waals surface area contributed by atoms with E-state index in [1.54, 1.807) is 60.6 Å². The van der Waals surface area contributed by atoms with Crippen LogP contribution in [0, 0.1) is 41.4 Å². The third-order valence-corrected chi connectivity index (χ3v) is 15.7. The van der Waals surface area contributed by atoms with Crippen LogP contribution < -0.4 is 26.6 Å². The Morgan fingerprint density at radius 3 is 1.26 bits per heavy atom. The second-order valence-corrected chi connectivity index (χ2v) is 25.7. The Bertz CT molecular complexity index is 2290. The fourth-order valence-electron chi connectivity index (χ4n) is 10.2. The highest BCUT2D eigenvalue weighted by atomic mass is 16.3. The summed E-state index contributed by atoms with van der Waals surface area (Å²) >= 11 is 0. The number of aliphatic hydroxyl groups excluding tert-OH is 1. The Labute approximate surface area is 502 Å². The van der Waals surface area contributed by atoms with Crippen molar-refractivity contribution in [3.8, 4) is 0 Å². The van der Waals surface area contributed by atoms with Gasteiger partial charge in [-0.1, -0.05) is 109 Å². The van der Waals surface area contributed by atoms with Crippen molar-refractivity contribution in [1.82, 2.24) is 56.0 Å². The van der Waals surface area contributed by atoms with Crippen LogP contribution in [0.2, 0.25) is 0 Å². The van der Waals surface area contributed by atoms with Crippen molar-refractivity contribution in [2.75, 3.05) is 48.8 Å². The molecule has 84 heavy (non-hydrogen) atoms. The number of nitrogens with zero attached hydrogens (tertiary/aromatic N) is 6. The summed E-state index contributed by atoms with van der Waals surface area (Å²) in [6.45, 7) is 29.2. The second kappa shape index (κ2) is 34.7. The number of amides is 11. The molecule has 0 aliphatic carbocycles. The van der Waals surface area contributed by atoms with Gasteiger partial charge in [0.25, 0.3) is 0 Å². The third-order valence-electron chi connectivity index (χ3n) is 15.7. The number of carbonyl (C=O) groups excluding carboxylic acids is 11. The van der Waals surface area contributed by atoms with Crippen molar-refractivity contribution in [3.05, 3.63) is 12.2 Å². The summed E-state index contributed by atoms with van der Waals surface area (Å²) < 4.78 is 0. The van der Waals surface area contributed by atoms with Crippen LogP contribution in [0.5, 0.6) is 0 Å². The van der Waals surface area contributed by atoms with Crippen LogP contribution in [0.15, 0.2) is 12.2 Å². The van der Waals surface area contributed by atoms with Crippen LogP contribution in [0.25, 0.3) is 0 Å². The molecule has 0 saturated carbocycles. The van der Waals surface area contributed by atoms with Crippen LogP contribution in [0.3, 0.4) is 0 Å². The average Bonchev–Trinajstić information content (AvgIpc) is 3.62. The lowest BCUT2D eigenvalue weighted by atomic mass is 9.91. The van der Waals surface area contributed by atoms with Gasteiger partial charge < -0.3 is 61.1 Å². The first kappa shape index (κ1) is 75.9. The predicted molar refractivity (Wildman–Crippen MR) is 324 cm³/mol. The minimum absolute atomic E-state index is 0.0217. The number of nitrogens with one attached hydrogen (secondary N) is 5. The Balaban J connectivity index is 4.26. The fraction of sp³-hybridized carbons (Fsp3) is 0.787. The lowest BCUT2D eigenvalue weighted by Crippen LogP contribution is -2.63. The summed E-state index contributed by atoms with van der Waals surface area (Å²) in [5, 5.41) is 25.8. The summed E-state index contributed by atoms with van der Waals surface area (Å²) in [4.78, 5) is 166. The van der Waals surface area contributed by atoms with E-state index in [-0.39, 0.29) is 55.8 Å². The predicted octanol–water partition coefficient (Wildman–Crippen LogP) is 2.93. The van der Waals surface area contributed by atoms with E-state index in [2.05, 4.69) is 26.6 Å². The third kappa shape index (κ3) is 21.7. The molecule has 0 spiro atoms. The molecule has 0 radical (unpaired) electrons. The quantitative estimate of drug-likeness (QED) is 0.129. The normalized spacial score (nSPS) is 27.0. The number of likely N-dealkylation sites (N-methyl/N-ethyl adjacent to an activating group) is 6. The first-order valence-corrected chi connectivity index (χ1v) is 30.2. The van der Waals surface area contributed by atoms with Gasteiger partial charge in [-0.3, -0.25) is 52.7 Å². The Morgan fingerprint density at radius 2 is 0.845 bits per heavy atom. The molecule has 1 aliphatic heterocycles. The highest BCUT2D eigenvalue weighted by Crippen LogP contribution is 2.23. The number of hydrogen-bond acceptors (Lipinski definition) is 12. The fourth-order valence-corrected chi connectivity index (χ4v) is 10.2. The van der Waals surface area contributed by atoms with E-state index in [9.17, 15) is 57.8 Å². The maximum atomic E-state index is 14.9. The van der Waals surface area contributed by atoms with Gasteiger partial charge in [-0.05, 0) is 101 Å². The van der Waals surface area contributed by atoms with Crippen molar-refractivity contribution < 1.29 is 57.8 Å². The maximum absolute atomic E-state index is 14.9. The van der Waals surface area contributed by atoms with Crippen molar-refractivity contribution in [3.63, 3.8) is 0 Å². The first-order chi connectivity index (χ1) is 38.8. The summed E-state index contributed by atoms with van der Waals surface area (Å²) in [7, 11) is 8.42. The van der Waals surface area contributed by atoms with Gasteiger partial charge in [0, 0.05) is 42.3 Å². The Morgan fingerprint density at radius 1 is 0.464 bits per heavy atom. The molecule has 23 nitrogen and oxygen atoms in total. The number of carbonyl (C=O) groups is 11. The average molecular weight is 1190 g/mol. The number of aliphatic hydroxyl groups is 1. The lowest BCUT2D eigenvalue weighted by Gasteiger charge is -2.39. The zero-order chi connectivity index (χ0) is 65.1. The van der Waals surface area contributed by atoms with Gasteiger partial charge in [0.05, 0.1) is 12.6 Å². The van der Waals surface area contributed by atoms with Crippen LogP contribution >= 0.6 is 0 Å². The molecule has 1 saturated heterocycles. The first-order valence-electron chi connectivity index (χ1n) is 30.2. The molecule has 1 heterocycles. The molecule has 0 aromatic rings. The zero-order valence-electron chi connectivity index (χ0n) is 55.1. The van der Waals surface area contributed by atoms with E-state index in [4.69, 9.17) is 0 Å². The number of hydrogen-bond donors (Lipinski definition) is 6. The van der Waals surface area contributed by atoms with Gasteiger partial charge in [-0.15, -0.1) is 0 Å².